The Balaban J connectivity index is 2.17. The van der Waals surface area contributed by atoms with Crippen molar-refractivity contribution in [3.63, 3.8) is 0 Å². The molecular weight excluding hydrogens is 228 g/mol. The van der Waals surface area contributed by atoms with Crippen LogP contribution in [0.3, 0.4) is 0 Å². The van der Waals surface area contributed by atoms with Crippen molar-refractivity contribution in [3.05, 3.63) is 17.0 Å². The van der Waals surface area contributed by atoms with Crippen LogP contribution in [0.4, 0.5) is 0 Å². The second-order valence-corrected chi connectivity index (χ2v) is 5.11. The van der Waals surface area contributed by atoms with Gasteiger partial charge in [-0.3, -0.25) is 4.79 Å². The van der Waals surface area contributed by atoms with Gasteiger partial charge in [-0.25, -0.2) is 0 Å². The summed E-state index contributed by atoms with van der Waals surface area (Å²) >= 11 is 0. The van der Waals surface area contributed by atoms with Gasteiger partial charge in [-0.1, -0.05) is 19.0 Å². The number of carbonyl (C=O) groups excluding carboxylic acids is 1. The monoisotopic (exact) mass is 250 g/mol. The molecule has 1 aliphatic rings. The first-order valence-corrected chi connectivity index (χ1v) is 6.91. The molecule has 4 nitrogen and oxygen atoms in total. The van der Waals surface area contributed by atoms with Gasteiger partial charge in [0.05, 0.1) is 5.69 Å². The molecule has 100 valence electrons. The molecule has 1 fully saturated rings. The van der Waals surface area contributed by atoms with Crippen LogP contribution in [0.1, 0.15) is 54.9 Å². The third-order valence-corrected chi connectivity index (χ3v) is 3.44. The molecule has 0 bridgehead atoms. The van der Waals surface area contributed by atoms with Crippen molar-refractivity contribution in [2.75, 3.05) is 13.1 Å². The SMILES string of the molecule is CCCN(CC1CC1)C(=O)c1c(CC)noc1C. The molecule has 1 saturated carbocycles. The summed E-state index contributed by atoms with van der Waals surface area (Å²) in [5.41, 5.74) is 1.47. The zero-order valence-corrected chi connectivity index (χ0v) is 11.5. The van der Waals surface area contributed by atoms with Gasteiger partial charge in [-0.05, 0) is 38.5 Å². The molecule has 4 heteroatoms. The largest absolute Gasteiger partial charge is 0.361 e. The molecule has 0 aromatic carbocycles. The first kappa shape index (κ1) is 13.1. The molecule has 1 amide bonds. The maximum Gasteiger partial charge on any atom is 0.259 e. The van der Waals surface area contributed by atoms with Crippen molar-refractivity contribution >= 4 is 5.91 Å². The molecule has 0 radical (unpaired) electrons. The molecule has 0 aliphatic heterocycles. The molecule has 1 aliphatic carbocycles. The first-order chi connectivity index (χ1) is 8.67. The Kier molecular flexibility index (Phi) is 4.04. The number of rotatable bonds is 6. The van der Waals surface area contributed by atoms with E-state index >= 15 is 0 Å². The van der Waals surface area contributed by atoms with Gasteiger partial charge in [0.1, 0.15) is 11.3 Å². The van der Waals surface area contributed by atoms with Gasteiger partial charge in [0.15, 0.2) is 0 Å². The van der Waals surface area contributed by atoms with Crippen LogP contribution in [0.25, 0.3) is 0 Å². The Bertz CT molecular complexity index is 421. The summed E-state index contributed by atoms with van der Waals surface area (Å²) < 4.78 is 5.16. The van der Waals surface area contributed by atoms with Gasteiger partial charge in [0, 0.05) is 13.1 Å². The molecule has 1 heterocycles. The smallest absolute Gasteiger partial charge is 0.259 e. The van der Waals surface area contributed by atoms with Crippen molar-refractivity contribution in [1.29, 1.82) is 0 Å². The predicted molar refractivity (Wildman–Crippen MR) is 69.5 cm³/mol. The van der Waals surface area contributed by atoms with Gasteiger partial charge >= 0.3 is 0 Å². The number of nitrogens with zero attached hydrogens (tertiary/aromatic N) is 2. The summed E-state index contributed by atoms with van der Waals surface area (Å²) in [5.74, 6) is 1.46. The number of aryl methyl sites for hydroxylation is 2. The number of hydrogen-bond acceptors (Lipinski definition) is 3. The highest BCUT2D eigenvalue weighted by Crippen LogP contribution is 2.30. The number of amides is 1. The molecule has 0 atom stereocenters. The second-order valence-electron chi connectivity index (χ2n) is 5.11. The maximum absolute atomic E-state index is 12.6. The Morgan fingerprint density at radius 1 is 1.44 bits per heavy atom. The summed E-state index contributed by atoms with van der Waals surface area (Å²) in [6.07, 6.45) is 4.25. The van der Waals surface area contributed by atoms with Gasteiger partial charge in [0.2, 0.25) is 0 Å². The van der Waals surface area contributed by atoms with Gasteiger partial charge in [-0.15, -0.1) is 0 Å². The summed E-state index contributed by atoms with van der Waals surface area (Å²) in [5, 5.41) is 3.97. The van der Waals surface area contributed by atoms with Crippen LogP contribution in [0.15, 0.2) is 4.52 Å². The van der Waals surface area contributed by atoms with Crippen molar-refractivity contribution in [2.45, 2.75) is 46.5 Å². The van der Waals surface area contributed by atoms with Crippen molar-refractivity contribution in [1.82, 2.24) is 10.1 Å². The quantitative estimate of drug-likeness (QED) is 0.780. The van der Waals surface area contributed by atoms with Gasteiger partial charge in [-0.2, -0.15) is 0 Å². The number of aromatic nitrogens is 1. The lowest BCUT2D eigenvalue weighted by atomic mass is 10.1. The Morgan fingerprint density at radius 2 is 2.17 bits per heavy atom. The fourth-order valence-electron chi connectivity index (χ4n) is 2.25. The minimum atomic E-state index is 0.0966. The lowest BCUT2D eigenvalue weighted by Gasteiger charge is -2.22. The van der Waals surface area contributed by atoms with Crippen LogP contribution in [-0.4, -0.2) is 29.1 Å². The molecule has 0 N–H and O–H groups in total. The molecule has 1 aromatic rings. The van der Waals surface area contributed by atoms with E-state index in [4.69, 9.17) is 4.52 Å². The Labute approximate surface area is 108 Å². The summed E-state index contributed by atoms with van der Waals surface area (Å²) in [7, 11) is 0. The Hall–Kier alpha value is -1.32. The van der Waals surface area contributed by atoms with E-state index in [1.54, 1.807) is 0 Å². The third kappa shape index (κ3) is 2.74. The highest BCUT2D eigenvalue weighted by molar-refractivity contribution is 5.96. The molecule has 18 heavy (non-hydrogen) atoms. The van der Waals surface area contributed by atoms with E-state index < -0.39 is 0 Å². The molecule has 2 rings (SSSR count). The van der Waals surface area contributed by atoms with Crippen LogP contribution in [-0.2, 0) is 6.42 Å². The highest BCUT2D eigenvalue weighted by Gasteiger charge is 2.29. The van der Waals surface area contributed by atoms with E-state index in [9.17, 15) is 4.79 Å². The molecule has 0 unspecified atom stereocenters. The summed E-state index contributed by atoms with van der Waals surface area (Å²) in [6, 6.07) is 0. The Morgan fingerprint density at radius 3 is 2.72 bits per heavy atom. The highest BCUT2D eigenvalue weighted by atomic mass is 16.5. The summed E-state index contributed by atoms with van der Waals surface area (Å²) in [6.45, 7) is 7.64. The van der Waals surface area contributed by atoms with E-state index in [0.717, 1.165) is 31.6 Å². The van der Waals surface area contributed by atoms with E-state index in [0.29, 0.717) is 17.2 Å². The van der Waals surface area contributed by atoms with Gasteiger partial charge in [0.25, 0.3) is 5.91 Å². The lowest BCUT2D eigenvalue weighted by molar-refractivity contribution is 0.0745. The van der Waals surface area contributed by atoms with Crippen LogP contribution < -0.4 is 0 Å². The number of hydrogen-bond donors (Lipinski definition) is 0. The van der Waals surface area contributed by atoms with Crippen LogP contribution in [0, 0.1) is 12.8 Å². The second kappa shape index (κ2) is 5.55. The minimum Gasteiger partial charge on any atom is -0.361 e. The normalized spacial score (nSPS) is 14.8. The topological polar surface area (TPSA) is 46.3 Å². The zero-order valence-electron chi connectivity index (χ0n) is 11.5. The molecule has 0 spiro atoms. The van der Waals surface area contributed by atoms with E-state index in [1.807, 2.05) is 18.7 Å². The first-order valence-electron chi connectivity index (χ1n) is 6.91. The van der Waals surface area contributed by atoms with Crippen LogP contribution >= 0.6 is 0 Å². The van der Waals surface area contributed by atoms with Gasteiger partial charge < -0.3 is 9.42 Å². The van der Waals surface area contributed by atoms with Crippen molar-refractivity contribution in [2.24, 2.45) is 5.92 Å². The fraction of sp³-hybridized carbons (Fsp3) is 0.714. The maximum atomic E-state index is 12.6. The van der Waals surface area contributed by atoms with E-state index in [1.165, 1.54) is 12.8 Å². The zero-order chi connectivity index (χ0) is 13.1. The minimum absolute atomic E-state index is 0.0966. The molecular formula is C14H22N2O2. The summed E-state index contributed by atoms with van der Waals surface area (Å²) in [4.78, 5) is 14.6. The molecule has 1 aromatic heterocycles. The third-order valence-electron chi connectivity index (χ3n) is 3.44. The van der Waals surface area contributed by atoms with Crippen molar-refractivity contribution < 1.29 is 9.32 Å². The van der Waals surface area contributed by atoms with E-state index in [-0.39, 0.29) is 5.91 Å². The van der Waals surface area contributed by atoms with E-state index in [2.05, 4.69) is 12.1 Å². The average molecular weight is 250 g/mol. The predicted octanol–water partition coefficient (Wildman–Crippen LogP) is 2.81. The van der Waals surface area contributed by atoms with Crippen LogP contribution in [0.5, 0.6) is 0 Å². The lowest BCUT2D eigenvalue weighted by Crippen LogP contribution is -2.34. The standard InChI is InChI=1S/C14H22N2O2/c1-4-8-16(9-11-6-7-11)14(17)13-10(3)18-15-12(13)5-2/h11H,4-9H2,1-3H3. The molecule has 0 saturated heterocycles. The number of carbonyl (C=O) groups is 1. The van der Waals surface area contributed by atoms with Crippen LogP contribution in [0.2, 0.25) is 0 Å². The average Bonchev–Trinajstić information content (AvgIpc) is 3.09. The van der Waals surface area contributed by atoms with Crippen molar-refractivity contribution in [3.8, 4) is 0 Å². The fourth-order valence-corrected chi connectivity index (χ4v) is 2.25.